The number of rotatable bonds is 6. The molecule has 6 nitrogen and oxygen atoms in total. The van der Waals surface area contributed by atoms with E-state index in [0.717, 1.165) is 22.4 Å². The van der Waals surface area contributed by atoms with Gasteiger partial charge in [0, 0.05) is 11.3 Å². The zero-order valence-corrected chi connectivity index (χ0v) is 21.2. The number of ether oxygens (including phenoxy) is 1. The number of phenols is 1. The molecule has 0 aliphatic carbocycles. The van der Waals surface area contributed by atoms with E-state index in [1.807, 2.05) is 58.9 Å². The summed E-state index contributed by atoms with van der Waals surface area (Å²) in [6.45, 7) is 10.3. The van der Waals surface area contributed by atoms with Crippen molar-refractivity contribution in [1.82, 2.24) is 0 Å². The van der Waals surface area contributed by atoms with Gasteiger partial charge in [0.05, 0.1) is 18.2 Å². The molecule has 1 saturated heterocycles. The van der Waals surface area contributed by atoms with Crippen molar-refractivity contribution >= 4 is 23.1 Å². The maximum Gasteiger partial charge on any atom is 0.300 e. The van der Waals surface area contributed by atoms with E-state index in [0.29, 0.717) is 23.4 Å². The highest BCUT2D eigenvalue weighted by molar-refractivity contribution is 6.51. The monoisotopic (exact) mass is 485 g/mol. The summed E-state index contributed by atoms with van der Waals surface area (Å²) < 4.78 is 5.74. The molecule has 186 valence electrons. The summed E-state index contributed by atoms with van der Waals surface area (Å²) in [6.07, 6.45) is 0. The first-order valence-electron chi connectivity index (χ1n) is 12.1. The molecule has 0 saturated carbocycles. The van der Waals surface area contributed by atoms with Crippen LogP contribution in [0.2, 0.25) is 0 Å². The minimum atomic E-state index is -0.860. The van der Waals surface area contributed by atoms with E-state index in [-0.39, 0.29) is 23.0 Å². The summed E-state index contributed by atoms with van der Waals surface area (Å²) in [5.74, 6) is -0.822. The van der Waals surface area contributed by atoms with Gasteiger partial charge in [-0.05, 0) is 91.4 Å². The van der Waals surface area contributed by atoms with Crippen LogP contribution in [0, 0.1) is 13.8 Å². The van der Waals surface area contributed by atoms with Crippen LogP contribution >= 0.6 is 0 Å². The van der Waals surface area contributed by atoms with Gasteiger partial charge in [0.15, 0.2) is 0 Å². The summed E-state index contributed by atoms with van der Waals surface area (Å²) in [7, 11) is 0. The average Bonchev–Trinajstić information content (AvgIpc) is 3.09. The first-order valence-corrected chi connectivity index (χ1v) is 12.1. The highest BCUT2D eigenvalue weighted by Crippen LogP contribution is 2.43. The van der Waals surface area contributed by atoms with Crippen LogP contribution in [0.25, 0.3) is 5.76 Å². The molecule has 1 aliphatic heterocycles. The van der Waals surface area contributed by atoms with Gasteiger partial charge in [0.25, 0.3) is 11.7 Å². The lowest BCUT2D eigenvalue weighted by Crippen LogP contribution is -2.29. The number of aliphatic hydroxyl groups excluding tert-OH is 1. The maximum atomic E-state index is 13.4. The minimum Gasteiger partial charge on any atom is -0.508 e. The van der Waals surface area contributed by atoms with Crippen LogP contribution in [-0.2, 0) is 9.59 Å². The molecule has 3 aromatic rings. The molecule has 36 heavy (non-hydrogen) atoms. The van der Waals surface area contributed by atoms with Crippen LogP contribution < -0.4 is 9.64 Å². The number of carbonyl (C=O) groups is 2. The van der Waals surface area contributed by atoms with Crippen LogP contribution in [0.4, 0.5) is 5.69 Å². The van der Waals surface area contributed by atoms with Crippen molar-refractivity contribution in [3.8, 4) is 11.5 Å². The van der Waals surface area contributed by atoms with Crippen molar-refractivity contribution in [3.05, 3.63) is 94.1 Å². The molecule has 1 heterocycles. The molecular weight excluding hydrogens is 454 g/mol. The van der Waals surface area contributed by atoms with Crippen molar-refractivity contribution in [1.29, 1.82) is 0 Å². The van der Waals surface area contributed by atoms with Crippen molar-refractivity contribution in [2.45, 2.75) is 46.6 Å². The van der Waals surface area contributed by atoms with Crippen molar-refractivity contribution < 1.29 is 24.5 Å². The van der Waals surface area contributed by atoms with Gasteiger partial charge < -0.3 is 14.9 Å². The molecular formula is C30H31NO5. The quantitative estimate of drug-likeness (QED) is 0.248. The number of hydrogen-bond acceptors (Lipinski definition) is 5. The lowest BCUT2D eigenvalue weighted by molar-refractivity contribution is -0.132. The van der Waals surface area contributed by atoms with Crippen molar-refractivity contribution in [2.75, 3.05) is 11.5 Å². The van der Waals surface area contributed by atoms with Gasteiger partial charge in [-0.2, -0.15) is 0 Å². The fraction of sp³-hybridized carbons (Fsp3) is 0.267. The summed E-state index contributed by atoms with van der Waals surface area (Å²) in [4.78, 5) is 28.3. The Morgan fingerprint density at radius 3 is 2.19 bits per heavy atom. The third-order valence-corrected chi connectivity index (χ3v) is 6.34. The van der Waals surface area contributed by atoms with E-state index in [1.165, 1.54) is 17.0 Å². The van der Waals surface area contributed by atoms with E-state index < -0.39 is 17.7 Å². The second-order valence-electron chi connectivity index (χ2n) is 9.45. The lowest BCUT2D eigenvalue weighted by Gasteiger charge is -2.26. The molecule has 0 spiro atoms. The molecule has 1 amide bonds. The number of aryl methyl sites for hydroxylation is 2. The summed E-state index contributed by atoms with van der Waals surface area (Å²) in [5, 5.41) is 21.3. The Labute approximate surface area is 211 Å². The topological polar surface area (TPSA) is 87.1 Å². The summed E-state index contributed by atoms with van der Waals surface area (Å²) >= 11 is 0. The van der Waals surface area contributed by atoms with Crippen LogP contribution in [-0.4, -0.2) is 28.5 Å². The van der Waals surface area contributed by atoms with Gasteiger partial charge in [-0.25, -0.2) is 0 Å². The largest absolute Gasteiger partial charge is 0.508 e. The highest BCUT2D eigenvalue weighted by Gasteiger charge is 2.47. The second-order valence-corrected chi connectivity index (χ2v) is 9.45. The standard InChI is InChI=1S/C30H31NO5/c1-6-36-25-12-9-21(16-24(25)17(2)3)28(33)26-27(20-7-10-23(32)11-8-20)31(30(35)29(26)34)22-14-18(4)13-19(5)15-22/h7-17,27,32-33H,6H2,1-5H3/b28-26-. The van der Waals surface area contributed by atoms with Gasteiger partial charge in [0.1, 0.15) is 17.3 Å². The smallest absolute Gasteiger partial charge is 0.300 e. The minimum absolute atomic E-state index is 0.00344. The maximum absolute atomic E-state index is 13.4. The number of Topliss-reactive ketones (excluding diaryl/α,β-unsaturated/α-hetero) is 1. The van der Waals surface area contributed by atoms with E-state index in [2.05, 4.69) is 0 Å². The molecule has 6 heteroatoms. The Balaban J connectivity index is 1.95. The van der Waals surface area contributed by atoms with Crippen molar-refractivity contribution in [3.63, 3.8) is 0 Å². The Kier molecular flexibility index (Phi) is 6.88. The number of carbonyl (C=O) groups excluding carboxylic acids is 2. The van der Waals surface area contributed by atoms with E-state index in [4.69, 9.17) is 4.74 Å². The molecule has 2 N–H and O–H groups in total. The molecule has 3 aromatic carbocycles. The first-order chi connectivity index (χ1) is 17.1. The second kappa shape index (κ2) is 9.90. The predicted molar refractivity (Wildman–Crippen MR) is 141 cm³/mol. The Morgan fingerprint density at radius 2 is 1.61 bits per heavy atom. The third-order valence-electron chi connectivity index (χ3n) is 6.34. The van der Waals surface area contributed by atoms with E-state index in [9.17, 15) is 19.8 Å². The van der Waals surface area contributed by atoms with E-state index in [1.54, 1.807) is 24.3 Å². The Hall–Kier alpha value is -4.06. The van der Waals surface area contributed by atoms with Gasteiger partial charge in [-0.1, -0.05) is 32.0 Å². The molecule has 1 aliphatic rings. The average molecular weight is 486 g/mol. The number of aromatic hydroxyl groups is 1. The molecule has 0 bridgehead atoms. The fourth-order valence-corrected chi connectivity index (χ4v) is 4.75. The lowest BCUT2D eigenvalue weighted by atomic mass is 9.93. The van der Waals surface area contributed by atoms with Crippen LogP contribution in [0.15, 0.2) is 66.2 Å². The number of hydrogen-bond donors (Lipinski definition) is 2. The predicted octanol–water partition coefficient (Wildman–Crippen LogP) is 6.16. The van der Waals surface area contributed by atoms with Gasteiger partial charge in [-0.15, -0.1) is 0 Å². The van der Waals surface area contributed by atoms with Crippen molar-refractivity contribution in [2.24, 2.45) is 0 Å². The van der Waals surface area contributed by atoms with Gasteiger partial charge in [0.2, 0.25) is 0 Å². The van der Waals surface area contributed by atoms with Crippen LogP contribution in [0.5, 0.6) is 11.5 Å². The molecule has 0 radical (unpaired) electrons. The third kappa shape index (κ3) is 4.59. The zero-order chi connectivity index (χ0) is 26.1. The first kappa shape index (κ1) is 25.0. The Morgan fingerprint density at radius 1 is 0.972 bits per heavy atom. The number of ketones is 1. The summed E-state index contributed by atoms with van der Waals surface area (Å²) in [5.41, 5.74) is 4.40. The normalized spacial score (nSPS) is 17.2. The number of nitrogens with zero attached hydrogens (tertiary/aromatic N) is 1. The van der Waals surface area contributed by atoms with E-state index >= 15 is 0 Å². The number of benzene rings is 3. The van der Waals surface area contributed by atoms with Crippen LogP contribution in [0.1, 0.15) is 60.5 Å². The molecule has 0 aromatic heterocycles. The molecule has 4 rings (SSSR count). The number of anilines is 1. The number of aliphatic hydroxyl groups is 1. The number of phenolic OH excluding ortho intramolecular Hbond substituents is 1. The Bertz CT molecular complexity index is 1330. The highest BCUT2D eigenvalue weighted by atomic mass is 16.5. The van der Waals surface area contributed by atoms with Gasteiger partial charge in [-0.3, -0.25) is 14.5 Å². The SMILES string of the molecule is CCOc1ccc(/C(O)=C2/C(=O)C(=O)N(c3cc(C)cc(C)c3)C2c2ccc(O)cc2)cc1C(C)C. The summed E-state index contributed by atoms with van der Waals surface area (Å²) in [6, 6.07) is 16.4. The van der Waals surface area contributed by atoms with Gasteiger partial charge >= 0.3 is 0 Å². The molecule has 1 unspecified atom stereocenters. The fourth-order valence-electron chi connectivity index (χ4n) is 4.75. The van der Waals surface area contributed by atoms with Crippen LogP contribution in [0.3, 0.4) is 0 Å². The number of amides is 1. The molecule has 1 atom stereocenters. The molecule has 1 fully saturated rings. The zero-order valence-electron chi connectivity index (χ0n) is 21.2.